The van der Waals surface area contributed by atoms with Gasteiger partial charge >= 0.3 is 0 Å². The maximum atomic E-state index is 5.17. The molecule has 0 aromatic carbocycles. The zero-order chi connectivity index (χ0) is 21.7. The molecular weight excluding hydrogens is 388 g/mol. The van der Waals surface area contributed by atoms with Crippen molar-refractivity contribution in [2.75, 3.05) is 46.3 Å². The standard InChI is InChI=1S/C23H42N8/c1-4-20-27-21-10-9-19(17-31(21)28-20)26-22(24-5-2)25-18-23(11-15-29(3)16-12-23)30-13-7-6-8-14-30/h19H,4-18H2,1-3H3,(H2,24,25,26). The lowest BCUT2D eigenvalue weighted by Gasteiger charge is -2.49. The molecule has 2 saturated heterocycles. The van der Waals surface area contributed by atoms with E-state index < -0.39 is 0 Å². The Morgan fingerprint density at radius 2 is 1.90 bits per heavy atom. The Morgan fingerprint density at radius 3 is 2.61 bits per heavy atom. The van der Waals surface area contributed by atoms with Crippen LogP contribution in [0.5, 0.6) is 0 Å². The molecule has 2 fully saturated rings. The van der Waals surface area contributed by atoms with Gasteiger partial charge in [-0.15, -0.1) is 0 Å². The predicted molar refractivity (Wildman–Crippen MR) is 126 cm³/mol. The Kier molecular flexibility index (Phi) is 7.48. The van der Waals surface area contributed by atoms with Crippen LogP contribution >= 0.6 is 0 Å². The lowest BCUT2D eigenvalue weighted by Crippen LogP contribution is -2.58. The van der Waals surface area contributed by atoms with Gasteiger partial charge in [-0.05, 0) is 72.3 Å². The average Bonchev–Trinajstić information content (AvgIpc) is 3.22. The van der Waals surface area contributed by atoms with Crippen molar-refractivity contribution in [1.82, 2.24) is 35.2 Å². The van der Waals surface area contributed by atoms with Gasteiger partial charge < -0.3 is 15.5 Å². The summed E-state index contributed by atoms with van der Waals surface area (Å²) in [7, 11) is 2.25. The number of nitrogens with one attached hydrogen (secondary N) is 2. The molecule has 1 aromatic rings. The van der Waals surface area contributed by atoms with Gasteiger partial charge in [-0.25, -0.2) is 9.67 Å². The first kappa shape index (κ1) is 22.5. The molecule has 4 heterocycles. The van der Waals surface area contributed by atoms with Crippen LogP contribution in [0.2, 0.25) is 0 Å². The van der Waals surface area contributed by atoms with Crippen molar-refractivity contribution in [3.05, 3.63) is 11.6 Å². The first-order chi connectivity index (χ1) is 15.1. The van der Waals surface area contributed by atoms with Gasteiger partial charge in [0, 0.05) is 31.0 Å². The highest BCUT2D eigenvalue weighted by molar-refractivity contribution is 5.80. The minimum Gasteiger partial charge on any atom is -0.357 e. The van der Waals surface area contributed by atoms with Crippen molar-refractivity contribution in [3.8, 4) is 0 Å². The van der Waals surface area contributed by atoms with Gasteiger partial charge in [-0.1, -0.05) is 13.3 Å². The van der Waals surface area contributed by atoms with E-state index in [1.54, 1.807) is 0 Å². The van der Waals surface area contributed by atoms with Crippen molar-refractivity contribution >= 4 is 5.96 Å². The van der Waals surface area contributed by atoms with Crippen LogP contribution in [0.4, 0.5) is 0 Å². The lowest BCUT2D eigenvalue weighted by molar-refractivity contribution is 0.0208. The number of likely N-dealkylation sites (tertiary alicyclic amines) is 2. The topological polar surface area (TPSA) is 73.6 Å². The van der Waals surface area contributed by atoms with E-state index in [0.29, 0.717) is 6.04 Å². The van der Waals surface area contributed by atoms with Gasteiger partial charge in [0.2, 0.25) is 0 Å². The van der Waals surface area contributed by atoms with Crippen molar-refractivity contribution in [3.63, 3.8) is 0 Å². The second-order valence-corrected chi connectivity index (χ2v) is 9.63. The first-order valence-corrected chi connectivity index (χ1v) is 12.5. The minimum absolute atomic E-state index is 0.219. The molecule has 3 aliphatic heterocycles. The van der Waals surface area contributed by atoms with E-state index in [0.717, 1.165) is 56.5 Å². The average molecular weight is 431 g/mol. The molecule has 0 spiro atoms. The molecule has 1 atom stereocenters. The number of hydrogen-bond acceptors (Lipinski definition) is 5. The minimum atomic E-state index is 0.219. The van der Waals surface area contributed by atoms with Gasteiger partial charge in [0.15, 0.2) is 11.8 Å². The number of fused-ring (bicyclic) bond motifs is 1. The first-order valence-electron chi connectivity index (χ1n) is 12.5. The van der Waals surface area contributed by atoms with Crippen molar-refractivity contribution < 1.29 is 0 Å². The molecule has 0 bridgehead atoms. The molecule has 31 heavy (non-hydrogen) atoms. The quantitative estimate of drug-likeness (QED) is 0.528. The highest BCUT2D eigenvalue weighted by Gasteiger charge is 2.39. The van der Waals surface area contributed by atoms with Gasteiger partial charge in [-0.3, -0.25) is 9.89 Å². The zero-order valence-corrected chi connectivity index (χ0v) is 19.9. The van der Waals surface area contributed by atoms with Gasteiger partial charge in [0.1, 0.15) is 5.82 Å². The fourth-order valence-corrected chi connectivity index (χ4v) is 5.35. The molecule has 3 aliphatic rings. The number of aliphatic imine (C=N–C) groups is 1. The monoisotopic (exact) mass is 430 g/mol. The van der Waals surface area contributed by atoms with E-state index in [1.807, 2.05) is 0 Å². The summed E-state index contributed by atoms with van der Waals surface area (Å²) in [5, 5.41) is 11.9. The van der Waals surface area contributed by atoms with Gasteiger partial charge in [-0.2, -0.15) is 5.10 Å². The number of piperidine rings is 2. The van der Waals surface area contributed by atoms with Crippen LogP contribution in [0, 0.1) is 0 Å². The Balaban J connectivity index is 1.44. The summed E-state index contributed by atoms with van der Waals surface area (Å²) in [6.45, 7) is 11.7. The van der Waals surface area contributed by atoms with Crippen molar-refractivity contribution in [2.45, 2.75) is 83.3 Å². The molecule has 1 unspecified atom stereocenters. The Hall–Kier alpha value is -1.67. The highest BCUT2D eigenvalue weighted by Crippen LogP contribution is 2.31. The van der Waals surface area contributed by atoms with Gasteiger partial charge in [0.25, 0.3) is 0 Å². The van der Waals surface area contributed by atoms with Crippen molar-refractivity contribution in [2.24, 2.45) is 4.99 Å². The van der Waals surface area contributed by atoms with Crippen LogP contribution in [0.3, 0.4) is 0 Å². The van der Waals surface area contributed by atoms with Crippen LogP contribution < -0.4 is 10.6 Å². The van der Waals surface area contributed by atoms with E-state index >= 15 is 0 Å². The Bertz CT molecular complexity index is 728. The van der Waals surface area contributed by atoms with Crippen LogP contribution in [-0.2, 0) is 19.4 Å². The van der Waals surface area contributed by atoms with E-state index in [4.69, 9.17) is 4.99 Å². The highest BCUT2D eigenvalue weighted by atomic mass is 15.4. The second-order valence-electron chi connectivity index (χ2n) is 9.63. The van der Waals surface area contributed by atoms with Crippen LogP contribution in [0.1, 0.15) is 64.0 Å². The molecule has 4 rings (SSSR count). The molecule has 8 heteroatoms. The lowest BCUT2D eigenvalue weighted by atomic mass is 9.84. The van der Waals surface area contributed by atoms with Crippen LogP contribution in [0.25, 0.3) is 0 Å². The van der Waals surface area contributed by atoms with E-state index in [9.17, 15) is 0 Å². The number of hydrogen-bond donors (Lipinski definition) is 2. The normalized spacial score (nSPS) is 25.3. The number of guanidine groups is 1. The second kappa shape index (κ2) is 10.3. The maximum absolute atomic E-state index is 5.17. The van der Waals surface area contributed by atoms with E-state index in [1.165, 1.54) is 58.3 Å². The molecule has 1 aromatic heterocycles. The van der Waals surface area contributed by atoms with Crippen LogP contribution in [0.15, 0.2) is 4.99 Å². The number of aromatic nitrogens is 3. The predicted octanol–water partition coefficient (Wildman–Crippen LogP) is 1.66. The summed E-state index contributed by atoms with van der Waals surface area (Å²) in [6.07, 6.45) is 9.45. The Labute approximate surface area is 187 Å². The summed E-state index contributed by atoms with van der Waals surface area (Å²) in [4.78, 5) is 15.1. The van der Waals surface area contributed by atoms with E-state index in [2.05, 4.69) is 56.1 Å². The van der Waals surface area contributed by atoms with Gasteiger partial charge in [0.05, 0.1) is 13.1 Å². The molecular formula is C23H42N8. The Morgan fingerprint density at radius 1 is 1.13 bits per heavy atom. The fraction of sp³-hybridized carbons (Fsp3) is 0.870. The third-order valence-electron chi connectivity index (χ3n) is 7.38. The van der Waals surface area contributed by atoms with Crippen molar-refractivity contribution in [1.29, 1.82) is 0 Å². The number of aryl methyl sites for hydroxylation is 2. The molecule has 0 radical (unpaired) electrons. The molecule has 2 N–H and O–H groups in total. The summed E-state index contributed by atoms with van der Waals surface area (Å²) < 4.78 is 2.09. The molecule has 174 valence electrons. The number of rotatable bonds is 6. The summed E-state index contributed by atoms with van der Waals surface area (Å²) in [5.74, 6) is 3.05. The summed E-state index contributed by atoms with van der Waals surface area (Å²) in [6, 6.07) is 0.347. The smallest absolute Gasteiger partial charge is 0.191 e. The SMILES string of the molecule is CCNC(=NCC1(N2CCCCC2)CCN(C)CC1)NC1CCc2nc(CC)nn2C1. The molecule has 0 aliphatic carbocycles. The fourth-order valence-electron chi connectivity index (χ4n) is 5.35. The summed E-state index contributed by atoms with van der Waals surface area (Å²) in [5.41, 5.74) is 0.219. The molecule has 8 nitrogen and oxygen atoms in total. The van der Waals surface area contributed by atoms with E-state index in [-0.39, 0.29) is 5.54 Å². The van der Waals surface area contributed by atoms with Crippen LogP contribution in [-0.4, -0.2) is 88.4 Å². The maximum Gasteiger partial charge on any atom is 0.191 e. The third-order valence-corrected chi connectivity index (χ3v) is 7.38. The largest absolute Gasteiger partial charge is 0.357 e. The summed E-state index contributed by atoms with van der Waals surface area (Å²) >= 11 is 0. The third kappa shape index (κ3) is 5.40. The number of nitrogens with zero attached hydrogens (tertiary/aromatic N) is 6. The molecule has 0 saturated carbocycles. The zero-order valence-electron chi connectivity index (χ0n) is 19.9. The molecule has 0 amide bonds.